The van der Waals surface area contributed by atoms with Crippen molar-refractivity contribution in [3.8, 4) is 17.0 Å². The smallest absolute Gasteiger partial charge is 0.433 e. The van der Waals surface area contributed by atoms with Gasteiger partial charge in [-0.05, 0) is 79.7 Å². The zero-order chi connectivity index (χ0) is 25.2. The summed E-state index contributed by atoms with van der Waals surface area (Å²) in [5, 5.41) is 21.1. The molecule has 0 unspecified atom stereocenters. The number of imidazole rings is 1. The third kappa shape index (κ3) is 5.09. The van der Waals surface area contributed by atoms with Gasteiger partial charge in [0.05, 0.1) is 37.0 Å². The predicted molar refractivity (Wildman–Crippen MR) is 135 cm³/mol. The summed E-state index contributed by atoms with van der Waals surface area (Å²) < 4.78 is 12.5. The molecule has 10 heteroatoms. The highest BCUT2D eigenvalue weighted by Gasteiger charge is 2.22. The van der Waals surface area contributed by atoms with E-state index in [1.165, 1.54) is 11.6 Å². The summed E-state index contributed by atoms with van der Waals surface area (Å²) in [6, 6.07) is 10.9. The van der Waals surface area contributed by atoms with Crippen LogP contribution in [0.15, 0.2) is 53.2 Å². The van der Waals surface area contributed by atoms with E-state index >= 15 is 0 Å². The Morgan fingerprint density at radius 2 is 2.06 bits per heavy atom. The van der Waals surface area contributed by atoms with Gasteiger partial charge >= 0.3 is 5.88 Å². The molecule has 4 heterocycles. The monoisotopic (exact) mass is 510 g/mol. The van der Waals surface area contributed by atoms with Gasteiger partial charge in [-0.3, -0.25) is 15.0 Å². The first-order valence-corrected chi connectivity index (χ1v) is 12.2. The van der Waals surface area contributed by atoms with Crippen molar-refractivity contribution in [1.29, 1.82) is 0 Å². The number of rotatable bonds is 8. The van der Waals surface area contributed by atoms with Crippen molar-refractivity contribution in [2.45, 2.75) is 32.4 Å². The first kappa shape index (κ1) is 24.3. The number of aromatic nitrogens is 2. The highest BCUT2D eigenvalue weighted by Crippen LogP contribution is 2.34. The van der Waals surface area contributed by atoms with Gasteiger partial charge in [-0.2, -0.15) is 0 Å². The molecule has 0 aliphatic carbocycles. The normalized spacial score (nSPS) is 15.0. The molecule has 1 fully saturated rings. The second-order valence-corrected chi connectivity index (χ2v) is 9.56. The SMILES string of the molecule is COc1cc(CO)c(-c2cn3ccc(CC4CCN(Cc5ccc([N+](=O)[O-])o5)CC4)cc3n2)cc1Cl. The number of aliphatic hydroxyl groups is 1. The van der Waals surface area contributed by atoms with Crippen LogP contribution in [0.3, 0.4) is 0 Å². The third-order valence-electron chi connectivity index (χ3n) is 6.79. The molecule has 0 radical (unpaired) electrons. The van der Waals surface area contributed by atoms with Crippen LogP contribution in [0.5, 0.6) is 5.75 Å². The van der Waals surface area contributed by atoms with E-state index in [1.54, 1.807) is 25.3 Å². The van der Waals surface area contributed by atoms with Crippen LogP contribution < -0.4 is 4.74 Å². The summed E-state index contributed by atoms with van der Waals surface area (Å²) in [7, 11) is 1.55. The van der Waals surface area contributed by atoms with Gasteiger partial charge in [0.1, 0.15) is 22.1 Å². The van der Waals surface area contributed by atoms with Crippen molar-refractivity contribution in [3.05, 3.63) is 80.8 Å². The van der Waals surface area contributed by atoms with Crippen molar-refractivity contribution < 1.29 is 19.2 Å². The topological polar surface area (TPSA) is 106 Å². The van der Waals surface area contributed by atoms with E-state index in [2.05, 4.69) is 17.0 Å². The van der Waals surface area contributed by atoms with E-state index in [1.807, 2.05) is 16.8 Å². The van der Waals surface area contributed by atoms with Crippen LogP contribution in [-0.4, -0.2) is 44.5 Å². The number of fused-ring (bicyclic) bond motifs is 1. The maximum absolute atomic E-state index is 10.8. The maximum atomic E-state index is 10.8. The van der Waals surface area contributed by atoms with Gasteiger partial charge in [-0.15, -0.1) is 0 Å². The molecular weight excluding hydrogens is 484 g/mol. The molecule has 1 aliphatic rings. The van der Waals surface area contributed by atoms with Gasteiger partial charge in [0.15, 0.2) is 0 Å². The molecule has 9 nitrogen and oxygen atoms in total. The van der Waals surface area contributed by atoms with Crippen molar-refractivity contribution in [1.82, 2.24) is 14.3 Å². The first-order chi connectivity index (χ1) is 17.4. The van der Waals surface area contributed by atoms with E-state index in [0.29, 0.717) is 34.6 Å². The van der Waals surface area contributed by atoms with Crippen LogP contribution in [0, 0.1) is 16.0 Å². The summed E-state index contributed by atoms with van der Waals surface area (Å²) in [6.45, 7) is 2.31. The molecule has 0 spiro atoms. The van der Waals surface area contributed by atoms with E-state index in [9.17, 15) is 15.2 Å². The molecule has 3 aromatic heterocycles. The minimum absolute atomic E-state index is 0.141. The molecule has 36 heavy (non-hydrogen) atoms. The van der Waals surface area contributed by atoms with Crippen LogP contribution in [0.2, 0.25) is 5.02 Å². The van der Waals surface area contributed by atoms with E-state index < -0.39 is 4.92 Å². The number of halogens is 1. The number of hydrogen-bond acceptors (Lipinski definition) is 7. The molecule has 1 saturated heterocycles. The largest absolute Gasteiger partial charge is 0.495 e. The molecule has 1 aromatic carbocycles. The van der Waals surface area contributed by atoms with Crippen molar-refractivity contribution >= 4 is 23.1 Å². The number of aliphatic hydroxyl groups excluding tert-OH is 1. The number of nitrogens with zero attached hydrogens (tertiary/aromatic N) is 4. The average molecular weight is 511 g/mol. The third-order valence-corrected chi connectivity index (χ3v) is 7.08. The number of ether oxygens (including phenoxy) is 1. The Balaban J connectivity index is 1.24. The molecule has 5 rings (SSSR count). The minimum Gasteiger partial charge on any atom is -0.495 e. The van der Waals surface area contributed by atoms with Gasteiger partial charge in [0, 0.05) is 18.0 Å². The van der Waals surface area contributed by atoms with E-state index in [-0.39, 0.29) is 12.5 Å². The summed E-state index contributed by atoms with van der Waals surface area (Å²) in [6.07, 6.45) is 7.03. The second kappa shape index (κ2) is 10.3. The zero-order valence-electron chi connectivity index (χ0n) is 19.9. The number of benzene rings is 1. The average Bonchev–Trinajstić information content (AvgIpc) is 3.52. The molecule has 0 amide bonds. The van der Waals surface area contributed by atoms with Gasteiger partial charge in [0.2, 0.25) is 0 Å². The first-order valence-electron chi connectivity index (χ1n) is 11.8. The molecule has 1 N–H and O–H groups in total. The Morgan fingerprint density at radius 1 is 1.25 bits per heavy atom. The summed E-state index contributed by atoms with van der Waals surface area (Å²) in [5.74, 6) is 1.50. The fraction of sp³-hybridized carbons (Fsp3) is 0.346. The Hall–Kier alpha value is -3.40. The Morgan fingerprint density at radius 3 is 2.75 bits per heavy atom. The van der Waals surface area contributed by atoms with E-state index in [0.717, 1.165) is 49.3 Å². The highest BCUT2D eigenvalue weighted by molar-refractivity contribution is 6.32. The quantitative estimate of drug-likeness (QED) is 0.259. The van der Waals surface area contributed by atoms with Crippen LogP contribution in [0.4, 0.5) is 5.88 Å². The number of furan rings is 1. The van der Waals surface area contributed by atoms with Gasteiger partial charge in [0.25, 0.3) is 0 Å². The van der Waals surface area contributed by atoms with Crippen molar-refractivity contribution in [2.24, 2.45) is 5.92 Å². The van der Waals surface area contributed by atoms with Crippen LogP contribution in [-0.2, 0) is 19.6 Å². The highest BCUT2D eigenvalue weighted by atomic mass is 35.5. The summed E-state index contributed by atoms with van der Waals surface area (Å²) in [5.41, 5.74) is 4.30. The number of pyridine rings is 1. The lowest BCUT2D eigenvalue weighted by Gasteiger charge is -2.31. The zero-order valence-corrected chi connectivity index (χ0v) is 20.6. The molecular formula is C26H27ClN4O5. The Labute approximate surface area is 213 Å². The Bertz CT molecular complexity index is 1390. The fourth-order valence-electron chi connectivity index (χ4n) is 4.85. The van der Waals surface area contributed by atoms with Gasteiger partial charge in [-0.1, -0.05) is 11.6 Å². The van der Waals surface area contributed by atoms with Crippen LogP contribution >= 0.6 is 11.6 Å². The van der Waals surface area contributed by atoms with Crippen LogP contribution in [0.25, 0.3) is 16.9 Å². The lowest BCUT2D eigenvalue weighted by atomic mass is 9.90. The number of methoxy groups -OCH3 is 1. The molecule has 0 atom stereocenters. The van der Waals surface area contributed by atoms with Crippen LogP contribution in [0.1, 0.15) is 29.7 Å². The summed E-state index contributed by atoms with van der Waals surface area (Å²) in [4.78, 5) is 17.4. The maximum Gasteiger partial charge on any atom is 0.433 e. The standard InChI is InChI=1S/C26H27ClN4O5/c1-35-24-12-19(16-32)21(13-22(24)27)23-15-30-9-6-18(11-25(30)28-23)10-17-4-7-29(8-5-17)14-20-2-3-26(36-20)31(33)34/h2-3,6,9,11-13,15,17,32H,4-5,7-8,10,14,16H2,1H3. The number of nitro groups is 1. The number of piperidine rings is 1. The van der Waals surface area contributed by atoms with E-state index in [4.69, 9.17) is 25.7 Å². The van der Waals surface area contributed by atoms with Gasteiger partial charge < -0.3 is 18.7 Å². The molecule has 0 bridgehead atoms. The minimum atomic E-state index is -0.507. The second-order valence-electron chi connectivity index (χ2n) is 9.15. The fourth-order valence-corrected chi connectivity index (χ4v) is 5.09. The number of hydrogen-bond donors (Lipinski definition) is 1. The lowest BCUT2D eigenvalue weighted by molar-refractivity contribution is -0.402. The molecule has 188 valence electrons. The molecule has 1 aliphatic heterocycles. The predicted octanol–water partition coefficient (Wildman–Crippen LogP) is 5.11. The van der Waals surface area contributed by atoms with Crippen molar-refractivity contribution in [3.63, 3.8) is 0 Å². The Kier molecular flexibility index (Phi) is 6.95. The molecule has 4 aromatic rings. The lowest BCUT2D eigenvalue weighted by Crippen LogP contribution is -2.33. The van der Waals surface area contributed by atoms with Crippen molar-refractivity contribution in [2.75, 3.05) is 20.2 Å². The summed E-state index contributed by atoms with van der Waals surface area (Å²) >= 11 is 6.33. The molecule has 0 saturated carbocycles. The van der Waals surface area contributed by atoms with Gasteiger partial charge in [-0.25, -0.2) is 4.98 Å². The number of likely N-dealkylation sites (tertiary alicyclic amines) is 1.